The number of rotatable bonds is 8. The predicted octanol–water partition coefficient (Wildman–Crippen LogP) is 1.36. The van der Waals surface area contributed by atoms with Crippen molar-refractivity contribution >= 4 is 68.9 Å². The van der Waals surface area contributed by atoms with Crippen LogP contribution < -0.4 is 15.1 Å². The first-order chi connectivity index (χ1) is 15.4. The number of halogens is 2. The van der Waals surface area contributed by atoms with Crippen molar-refractivity contribution in [2.75, 3.05) is 49.7 Å². The Morgan fingerprint density at radius 1 is 1.32 bits per heavy atom. The molecule has 3 rings (SSSR count). The number of anilines is 2. The topological polar surface area (TPSA) is 138 Å². The number of piperidine rings is 1. The second kappa shape index (κ2) is 11.8. The molecule has 2 saturated heterocycles. The number of cyclic esters (lactones) is 1. The van der Waals surface area contributed by atoms with E-state index in [2.05, 4.69) is 5.32 Å². The Morgan fingerprint density at radius 3 is 2.41 bits per heavy atom. The van der Waals surface area contributed by atoms with Gasteiger partial charge in [-0.05, 0) is 12.8 Å². The molecule has 3 N–H and O–H groups in total. The SMILES string of the molecule is COCC1(OP(=O)(O)O)CCN(c2c(F)cc(N3C[C@H](CNC(C)=O)OC3=O)cc2F)CC1.[Ca+2].[H-].[H-]. The third-order valence-corrected chi connectivity index (χ3v) is 6.10. The summed E-state index contributed by atoms with van der Waals surface area (Å²) >= 11 is 0. The zero-order valence-corrected chi connectivity index (χ0v) is 21.9. The van der Waals surface area contributed by atoms with E-state index < -0.39 is 37.3 Å². The number of nitrogens with zero attached hydrogens (tertiary/aromatic N) is 2. The average molecular weight is 535 g/mol. The molecule has 0 aliphatic carbocycles. The van der Waals surface area contributed by atoms with Gasteiger partial charge in [-0.1, -0.05) is 0 Å². The van der Waals surface area contributed by atoms with Crippen molar-refractivity contribution in [3.05, 3.63) is 23.8 Å². The fourth-order valence-corrected chi connectivity index (χ4v) is 4.76. The Labute approximate surface area is 227 Å². The molecule has 2 amide bonds. The van der Waals surface area contributed by atoms with Gasteiger partial charge in [0.05, 0.1) is 25.4 Å². The van der Waals surface area contributed by atoms with Crippen LogP contribution in [0.4, 0.5) is 25.0 Å². The van der Waals surface area contributed by atoms with Gasteiger partial charge in [0.2, 0.25) is 5.91 Å². The Hall–Kier alpha value is -1.05. The van der Waals surface area contributed by atoms with E-state index in [4.69, 9.17) is 14.0 Å². The van der Waals surface area contributed by atoms with E-state index in [9.17, 15) is 32.7 Å². The van der Waals surface area contributed by atoms with Gasteiger partial charge in [0.1, 0.15) is 17.4 Å². The first-order valence-electron chi connectivity index (χ1n) is 10.1. The molecule has 2 aliphatic heterocycles. The number of nitrogens with one attached hydrogen (secondary N) is 1. The number of methoxy groups -OCH3 is 1. The first-order valence-corrected chi connectivity index (χ1v) is 11.7. The van der Waals surface area contributed by atoms with Crippen molar-refractivity contribution in [2.45, 2.75) is 31.5 Å². The van der Waals surface area contributed by atoms with E-state index in [1.165, 1.54) is 18.9 Å². The van der Waals surface area contributed by atoms with Crippen LogP contribution in [0, 0.1) is 11.6 Å². The summed E-state index contributed by atoms with van der Waals surface area (Å²) < 4.78 is 56.3. The number of hydrogen-bond acceptors (Lipinski definition) is 7. The fourth-order valence-electron chi connectivity index (χ4n) is 4.02. The minimum absolute atomic E-state index is 0. The maximum atomic E-state index is 14.9. The van der Waals surface area contributed by atoms with E-state index in [0.29, 0.717) is 0 Å². The molecule has 0 bridgehead atoms. The molecule has 1 aromatic rings. The molecule has 1 atom stereocenters. The number of carbonyl (C=O) groups is 2. The van der Waals surface area contributed by atoms with Crippen LogP contribution in [0.2, 0.25) is 0 Å². The molecule has 0 radical (unpaired) electrons. The number of hydrogen-bond donors (Lipinski definition) is 3. The zero-order chi connectivity index (χ0) is 24.4. The summed E-state index contributed by atoms with van der Waals surface area (Å²) in [4.78, 5) is 44.1. The number of benzene rings is 1. The van der Waals surface area contributed by atoms with Gasteiger partial charge in [-0.2, -0.15) is 0 Å². The van der Waals surface area contributed by atoms with Gasteiger partial charge in [0, 0.05) is 39.3 Å². The molecule has 2 aliphatic rings. The first kappa shape index (κ1) is 29.2. The molecular weight excluding hydrogens is 507 g/mol. The van der Waals surface area contributed by atoms with Crippen LogP contribution in [-0.4, -0.2) is 111 Å². The van der Waals surface area contributed by atoms with Crippen molar-refractivity contribution in [2.24, 2.45) is 0 Å². The molecule has 188 valence electrons. The third kappa shape index (κ3) is 7.23. The molecule has 2 heterocycles. The number of phosphoric acid groups is 1. The molecule has 0 unspecified atom stereocenters. The van der Waals surface area contributed by atoms with Crippen LogP contribution in [0.25, 0.3) is 0 Å². The normalized spacial score (nSPS) is 20.1. The van der Waals surface area contributed by atoms with Crippen LogP contribution in [0.5, 0.6) is 0 Å². The van der Waals surface area contributed by atoms with Crippen LogP contribution >= 0.6 is 7.82 Å². The molecule has 1 aromatic carbocycles. The van der Waals surface area contributed by atoms with Crippen LogP contribution in [0.15, 0.2) is 12.1 Å². The largest absolute Gasteiger partial charge is 2.00 e. The maximum Gasteiger partial charge on any atom is 2.00 e. The van der Waals surface area contributed by atoms with E-state index >= 15 is 0 Å². The molecule has 2 fully saturated rings. The molecule has 15 heteroatoms. The Balaban J connectivity index is 0.00000408. The fraction of sp³-hybridized carbons (Fsp3) is 0.579. The van der Waals surface area contributed by atoms with Crippen LogP contribution in [0.1, 0.15) is 22.6 Å². The quantitative estimate of drug-likeness (QED) is 0.333. The third-order valence-electron chi connectivity index (χ3n) is 5.48. The minimum atomic E-state index is -4.80. The van der Waals surface area contributed by atoms with Gasteiger partial charge >= 0.3 is 51.7 Å². The van der Waals surface area contributed by atoms with Gasteiger partial charge in [-0.15, -0.1) is 0 Å². The van der Waals surface area contributed by atoms with Crippen molar-refractivity contribution in [3.8, 4) is 0 Å². The van der Waals surface area contributed by atoms with Gasteiger partial charge < -0.3 is 32.3 Å². The van der Waals surface area contributed by atoms with Gasteiger partial charge in [0.25, 0.3) is 0 Å². The summed E-state index contributed by atoms with van der Waals surface area (Å²) in [5, 5.41) is 2.52. The van der Waals surface area contributed by atoms with Crippen molar-refractivity contribution in [3.63, 3.8) is 0 Å². The monoisotopic (exact) mass is 535 g/mol. The molecule has 11 nitrogen and oxygen atoms in total. The summed E-state index contributed by atoms with van der Waals surface area (Å²) in [5.41, 5.74) is -1.62. The van der Waals surface area contributed by atoms with E-state index in [1.807, 2.05) is 0 Å². The summed E-state index contributed by atoms with van der Waals surface area (Å²) in [5.74, 6) is -2.11. The standard InChI is InChI=1S/C19H26F2N3O8P.Ca.2H/c1-12(25)22-9-14-10-24(18(26)31-14)13-7-15(20)17(16(21)8-13)23-5-3-19(4-6-23,11-30-2)32-33(27,28)29;;;/h7-8,14H,3-6,9-11H2,1-2H3,(H,22,25)(H2,27,28,29);;;/q;+2;2*-1/t14-;;;/m0.../s1. The summed E-state index contributed by atoms with van der Waals surface area (Å²) in [6.45, 7) is 1.43. The second-order valence-corrected chi connectivity index (χ2v) is 9.16. The Kier molecular flexibility index (Phi) is 10.1. The number of carbonyl (C=O) groups excluding carboxylic acids is 2. The molecule has 0 aromatic heterocycles. The van der Waals surface area contributed by atoms with E-state index in [0.717, 1.165) is 17.0 Å². The van der Waals surface area contributed by atoms with Gasteiger partial charge in [0.15, 0.2) is 11.6 Å². The summed E-state index contributed by atoms with van der Waals surface area (Å²) in [7, 11) is -3.44. The predicted molar refractivity (Wildman–Crippen MR) is 120 cm³/mol. The summed E-state index contributed by atoms with van der Waals surface area (Å²) in [6.07, 6.45) is -1.31. The average Bonchev–Trinajstić information content (AvgIpc) is 3.07. The molecular formula is C19H28CaF2N3O8P. The van der Waals surface area contributed by atoms with Crippen molar-refractivity contribution in [1.82, 2.24) is 5.32 Å². The summed E-state index contributed by atoms with van der Waals surface area (Å²) in [6, 6.07) is 2.03. The molecule has 0 spiro atoms. The second-order valence-electron chi connectivity index (χ2n) is 8.00. The molecule has 0 saturated carbocycles. The van der Waals surface area contributed by atoms with E-state index in [-0.39, 0.29) is 104 Å². The number of ether oxygens (including phenoxy) is 2. The maximum absolute atomic E-state index is 14.9. The van der Waals surface area contributed by atoms with Crippen molar-refractivity contribution in [1.29, 1.82) is 0 Å². The van der Waals surface area contributed by atoms with Gasteiger partial charge in [-0.25, -0.2) is 18.1 Å². The Bertz CT molecular complexity index is 946. The number of amides is 2. The van der Waals surface area contributed by atoms with Crippen LogP contribution in [0.3, 0.4) is 0 Å². The Morgan fingerprint density at radius 2 is 1.91 bits per heavy atom. The zero-order valence-electron chi connectivity index (χ0n) is 20.8. The van der Waals surface area contributed by atoms with Gasteiger partial charge in [-0.3, -0.25) is 14.2 Å². The van der Waals surface area contributed by atoms with Crippen molar-refractivity contribution < 1.29 is 49.6 Å². The smallest absolute Gasteiger partial charge is 1.00 e. The minimum Gasteiger partial charge on any atom is -1.00 e. The molecule has 34 heavy (non-hydrogen) atoms. The number of phosphoric ester groups is 1. The van der Waals surface area contributed by atoms with Crippen LogP contribution in [-0.2, 0) is 23.4 Å². The van der Waals surface area contributed by atoms with E-state index in [1.54, 1.807) is 0 Å².